The molecule has 0 bridgehead atoms. The van der Waals surface area contributed by atoms with E-state index in [9.17, 15) is 0 Å². The Morgan fingerprint density at radius 3 is 2.92 bits per heavy atom. The van der Waals surface area contributed by atoms with E-state index in [2.05, 4.69) is 10.3 Å². The number of likely N-dealkylation sites (N-methyl/N-ethyl adjacent to an activating group) is 1. The number of nitrogens with one attached hydrogen (secondary N) is 1. The molecule has 0 aliphatic carbocycles. The molecule has 4 heteroatoms. The molecule has 0 amide bonds. The third kappa shape index (κ3) is 2.06. The van der Waals surface area contributed by atoms with Crippen LogP contribution in [0.3, 0.4) is 0 Å². The first-order valence-electron chi connectivity index (χ1n) is 4.03. The lowest BCUT2D eigenvalue weighted by molar-refractivity contribution is 0.235. The third-order valence-electron chi connectivity index (χ3n) is 1.97. The summed E-state index contributed by atoms with van der Waals surface area (Å²) in [4.78, 5) is 4.09. The first-order chi connectivity index (χ1) is 5.77. The summed E-state index contributed by atoms with van der Waals surface area (Å²) in [5.74, 6) is 0.976. The number of rotatable bonds is 4. The van der Waals surface area contributed by atoms with E-state index < -0.39 is 0 Å². The van der Waals surface area contributed by atoms with Gasteiger partial charge in [0.15, 0.2) is 0 Å². The SMILES string of the molecule is CNC(CO)Cn1ccnc1C. The van der Waals surface area contributed by atoms with E-state index in [4.69, 9.17) is 5.11 Å². The summed E-state index contributed by atoms with van der Waals surface area (Å²) in [5, 5.41) is 11.9. The van der Waals surface area contributed by atoms with Crippen molar-refractivity contribution < 1.29 is 5.11 Å². The average molecular weight is 169 g/mol. The minimum Gasteiger partial charge on any atom is -0.395 e. The van der Waals surface area contributed by atoms with E-state index in [0.29, 0.717) is 0 Å². The topological polar surface area (TPSA) is 50.1 Å². The number of aryl methyl sites for hydroxylation is 1. The van der Waals surface area contributed by atoms with Crippen LogP contribution in [0.2, 0.25) is 0 Å². The van der Waals surface area contributed by atoms with Crippen LogP contribution in [0, 0.1) is 6.92 Å². The van der Waals surface area contributed by atoms with Crippen LogP contribution in [0.4, 0.5) is 0 Å². The summed E-state index contributed by atoms with van der Waals surface area (Å²) in [6.45, 7) is 2.86. The number of nitrogens with zero attached hydrogens (tertiary/aromatic N) is 2. The fourth-order valence-corrected chi connectivity index (χ4v) is 1.07. The van der Waals surface area contributed by atoms with Gasteiger partial charge >= 0.3 is 0 Å². The molecule has 0 saturated heterocycles. The Balaban J connectivity index is 2.56. The van der Waals surface area contributed by atoms with E-state index in [1.165, 1.54) is 0 Å². The molecule has 68 valence electrons. The smallest absolute Gasteiger partial charge is 0.105 e. The molecule has 0 saturated carbocycles. The molecule has 0 radical (unpaired) electrons. The largest absolute Gasteiger partial charge is 0.395 e. The molecule has 4 nitrogen and oxygen atoms in total. The van der Waals surface area contributed by atoms with Crippen LogP contribution in [0.5, 0.6) is 0 Å². The summed E-state index contributed by atoms with van der Waals surface area (Å²) in [7, 11) is 1.84. The second-order valence-electron chi connectivity index (χ2n) is 2.79. The molecule has 0 spiro atoms. The standard InChI is InChI=1S/C8H15N3O/c1-7-10-3-4-11(7)5-8(6-12)9-2/h3-4,8-9,12H,5-6H2,1-2H3. The molecule has 1 atom stereocenters. The van der Waals surface area contributed by atoms with Crippen molar-refractivity contribution in [3.8, 4) is 0 Å². The van der Waals surface area contributed by atoms with Gasteiger partial charge in [-0.25, -0.2) is 4.98 Å². The van der Waals surface area contributed by atoms with Crippen molar-refractivity contribution in [2.45, 2.75) is 19.5 Å². The van der Waals surface area contributed by atoms with Gasteiger partial charge in [0, 0.05) is 25.0 Å². The molecule has 0 aromatic carbocycles. The van der Waals surface area contributed by atoms with Crippen molar-refractivity contribution in [1.82, 2.24) is 14.9 Å². The van der Waals surface area contributed by atoms with E-state index in [1.54, 1.807) is 6.20 Å². The zero-order valence-corrected chi connectivity index (χ0v) is 7.49. The highest BCUT2D eigenvalue weighted by Crippen LogP contribution is 1.97. The first kappa shape index (κ1) is 9.22. The highest BCUT2D eigenvalue weighted by Gasteiger charge is 2.05. The number of aliphatic hydroxyl groups excluding tert-OH is 1. The van der Waals surface area contributed by atoms with Crippen LogP contribution in [0.15, 0.2) is 12.4 Å². The number of imidazole rings is 1. The Labute approximate surface area is 72.2 Å². The molecule has 0 fully saturated rings. The van der Waals surface area contributed by atoms with Crippen LogP contribution in [0.1, 0.15) is 5.82 Å². The molecule has 1 aromatic rings. The van der Waals surface area contributed by atoms with Gasteiger partial charge < -0.3 is 15.0 Å². The van der Waals surface area contributed by atoms with Crippen molar-refractivity contribution >= 4 is 0 Å². The van der Waals surface area contributed by atoms with Crippen molar-refractivity contribution in [3.05, 3.63) is 18.2 Å². The Morgan fingerprint density at radius 1 is 1.75 bits per heavy atom. The first-order valence-corrected chi connectivity index (χ1v) is 4.03. The Bertz CT molecular complexity index is 230. The lowest BCUT2D eigenvalue weighted by Crippen LogP contribution is -2.33. The van der Waals surface area contributed by atoms with Gasteiger partial charge in [0.25, 0.3) is 0 Å². The van der Waals surface area contributed by atoms with Gasteiger partial charge in [-0.05, 0) is 14.0 Å². The highest BCUT2D eigenvalue weighted by atomic mass is 16.3. The predicted octanol–water partition coefficient (Wildman–Crippen LogP) is -0.228. The zero-order valence-electron chi connectivity index (χ0n) is 7.49. The van der Waals surface area contributed by atoms with Crippen LogP contribution < -0.4 is 5.32 Å². The van der Waals surface area contributed by atoms with E-state index in [0.717, 1.165) is 12.4 Å². The molecule has 1 aromatic heterocycles. The normalized spacial score (nSPS) is 13.2. The summed E-state index contributed by atoms with van der Waals surface area (Å²) >= 11 is 0. The van der Waals surface area contributed by atoms with Gasteiger partial charge in [0.2, 0.25) is 0 Å². The van der Waals surface area contributed by atoms with Crippen LogP contribution in [0.25, 0.3) is 0 Å². The van der Waals surface area contributed by atoms with Crippen molar-refractivity contribution in [2.24, 2.45) is 0 Å². The summed E-state index contributed by atoms with van der Waals surface area (Å²) in [5.41, 5.74) is 0. The van der Waals surface area contributed by atoms with Crippen molar-refractivity contribution in [1.29, 1.82) is 0 Å². The third-order valence-corrected chi connectivity index (χ3v) is 1.97. The zero-order chi connectivity index (χ0) is 8.97. The maximum atomic E-state index is 8.92. The lowest BCUT2D eigenvalue weighted by Gasteiger charge is -2.14. The van der Waals surface area contributed by atoms with Crippen LogP contribution >= 0.6 is 0 Å². The number of aromatic nitrogens is 2. The Hall–Kier alpha value is -0.870. The van der Waals surface area contributed by atoms with Crippen LogP contribution in [-0.4, -0.2) is 34.4 Å². The quantitative estimate of drug-likeness (QED) is 0.654. The fourth-order valence-electron chi connectivity index (χ4n) is 1.07. The van der Waals surface area contributed by atoms with Gasteiger partial charge in [0.05, 0.1) is 6.61 Å². The second kappa shape index (κ2) is 4.23. The van der Waals surface area contributed by atoms with Crippen molar-refractivity contribution in [3.63, 3.8) is 0 Å². The molecule has 0 aliphatic heterocycles. The number of aliphatic hydroxyl groups is 1. The van der Waals surface area contributed by atoms with Crippen LogP contribution in [-0.2, 0) is 6.54 Å². The van der Waals surface area contributed by atoms with Crippen molar-refractivity contribution in [2.75, 3.05) is 13.7 Å². The molecule has 1 unspecified atom stereocenters. The van der Waals surface area contributed by atoms with Gasteiger partial charge in [-0.1, -0.05) is 0 Å². The molecular formula is C8H15N3O. The van der Waals surface area contributed by atoms with E-state index >= 15 is 0 Å². The minimum atomic E-state index is 0.109. The average Bonchev–Trinajstić information content (AvgIpc) is 2.47. The molecule has 2 N–H and O–H groups in total. The highest BCUT2D eigenvalue weighted by molar-refractivity contribution is 4.89. The minimum absolute atomic E-state index is 0.109. The maximum Gasteiger partial charge on any atom is 0.105 e. The molecule has 0 aliphatic rings. The lowest BCUT2D eigenvalue weighted by atomic mass is 10.3. The Morgan fingerprint density at radius 2 is 2.50 bits per heavy atom. The maximum absolute atomic E-state index is 8.92. The number of hydrogen-bond donors (Lipinski definition) is 2. The van der Waals surface area contributed by atoms with Gasteiger partial charge in [-0.3, -0.25) is 0 Å². The Kier molecular flexibility index (Phi) is 3.25. The number of hydrogen-bond acceptors (Lipinski definition) is 3. The van der Waals surface area contributed by atoms with E-state index in [1.807, 2.05) is 24.7 Å². The summed E-state index contributed by atoms with van der Waals surface area (Å²) in [6, 6.07) is 0.109. The van der Waals surface area contributed by atoms with Gasteiger partial charge in [0.1, 0.15) is 5.82 Å². The molecule has 12 heavy (non-hydrogen) atoms. The summed E-state index contributed by atoms with van der Waals surface area (Å²) in [6.07, 6.45) is 3.68. The predicted molar refractivity (Wildman–Crippen MR) is 46.9 cm³/mol. The van der Waals surface area contributed by atoms with Gasteiger partial charge in [-0.2, -0.15) is 0 Å². The summed E-state index contributed by atoms with van der Waals surface area (Å²) < 4.78 is 2.01. The van der Waals surface area contributed by atoms with Gasteiger partial charge in [-0.15, -0.1) is 0 Å². The molecule has 1 rings (SSSR count). The fraction of sp³-hybridized carbons (Fsp3) is 0.625. The molecular weight excluding hydrogens is 154 g/mol. The monoisotopic (exact) mass is 169 g/mol. The molecule has 1 heterocycles. The second-order valence-corrected chi connectivity index (χ2v) is 2.79. The van der Waals surface area contributed by atoms with E-state index in [-0.39, 0.29) is 12.6 Å².